The molecule has 1 unspecified atom stereocenters. The van der Waals surface area contributed by atoms with Crippen LogP contribution in [0, 0.1) is 5.92 Å². The molecule has 0 radical (unpaired) electrons. The lowest BCUT2D eigenvalue weighted by Gasteiger charge is -2.22. The first-order chi connectivity index (χ1) is 15.2. The molecule has 1 aromatic rings. The van der Waals surface area contributed by atoms with Gasteiger partial charge in [-0.15, -0.1) is 11.8 Å². The normalized spacial score (nSPS) is 15.0. The number of esters is 2. The summed E-state index contributed by atoms with van der Waals surface area (Å²) in [5, 5.41) is 0. The largest absolute Gasteiger partial charge is 0.465 e. The predicted molar refractivity (Wildman–Crippen MR) is 133 cm³/mol. The van der Waals surface area contributed by atoms with Gasteiger partial charge in [-0.05, 0) is 64.2 Å². The van der Waals surface area contributed by atoms with E-state index >= 15 is 0 Å². The van der Waals surface area contributed by atoms with Crippen LogP contribution < -0.4 is 4.90 Å². The summed E-state index contributed by atoms with van der Waals surface area (Å²) in [5.41, 5.74) is 1.08. The molecule has 2 rings (SSSR count). The Hall–Kier alpha value is -1.69. The number of ether oxygens (including phenoxy) is 2. The molecule has 0 aliphatic carbocycles. The molecule has 0 amide bonds. The molecule has 0 bridgehead atoms. The van der Waals surface area contributed by atoms with Crippen LogP contribution in [0.2, 0.25) is 0 Å². The van der Waals surface area contributed by atoms with Crippen LogP contribution in [0.25, 0.3) is 0 Å². The minimum Gasteiger partial charge on any atom is -0.465 e. The van der Waals surface area contributed by atoms with Crippen LogP contribution in [0.3, 0.4) is 0 Å². The number of benzene rings is 1. The monoisotopic (exact) mass is 463 g/mol. The number of carbonyl (C=O) groups is 2. The summed E-state index contributed by atoms with van der Waals surface area (Å²) in [7, 11) is 0. The van der Waals surface area contributed by atoms with E-state index in [-0.39, 0.29) is 11.9 Å². The molecular formula is C26H41NO4S. The van der Waals surface area contributed by atoms with Crippen LogP contribution in [0.4, 0.5) is 5.69 Å². The van der Waals surface area contributed by atoms with Gasteiger partial charge < -0.3 is 14.4 Å². The Morgan fingerprint density at radius 3 is 2.47 bits per heavy atom. The highest BCUT2D eigenvalue weighted by Gasteiger charge is 2.21. The topological polar surface area (TPSA) is 55.8 Å². The van der Waals surface area contributed by atoms with E-state index < -0.39 is 5.60 Å². The van der Waals surface area contributed by atoms with E-state index in [1.807, 2.05) is 32.9 Å². The number of rotatable bonds is 12. The van der Waals surface area contributed by atoms with Gasteiger partial charge in [-0.1, -0.05) is 33.1 Å². The average Bonchev–Trinajstić information content (AvgIpc) is 3.27. The van der Waals surface area contributed by atoms with Gasteiger partial charge in [-0.25, -0.2) is 4.79 Å². The number of hydrogen-bond acceptors (Lipinski definition) is 6. The van der Waals surface area contributed by atoms with E-state index in [9.17, 15) is 9.59 Å². The number of carbonyl (C=O) groups excluding carboxylic acids is 2. The predicted octanol–water partition coefficient (Wildman–Crippen LogP) is 6.48. The Balaban J connectivity index is 1.96. The van der Waals surface area contributed by atoms with Crippen molar-refractivity contribution in [3.63, 3.8) is 0 Å². The van der Waals surface area contributed by atoms with Crippen molar-refractivity contribution < 1.29 is 19.1 Å². The molecule has 0 N–H and O–H groups in total. The summed E-state index contributed by atoms with van der Waals surface area (Å²) in [5.74, 6) is 0.634. The summed E-state index contributed by atoms with van der Waals surface area (Å²) >= 11 is 1.59. The fourth-order valence-electron chi connectivity index (χ4n) is 3.71. The zero-order chi connectivity index (χ0) is 23.6. The van der Waals surface area contributed by atoms with Gasteiger partial charge in [0, 0.05) is 29.4 Å². The molecule has 180 valence electrons. The quantitative estimate of drug-likeness (QED) is 0.261. The van der Waals surface area contributed by atoms with Crippen molar-refractivity contribution in [2.75, 3.05) is 30.3 Å². The Kier molecular flexibility index (Phi) is 10.9. The van der Waals surface area contributed by atoms with Gasteiger partial charge in [0.05, 0.1) is 18.6 Å². The maximum Gasteiger partial charge on any atom is 0.338 e. The minimum atomic E-state index is -0.536. The fourth-order valence-corrected chi connectivity index (χ4v) is 4.63. The van der Waals surface area contributed by atoms with E-state index in [4.69, 9.17) is 9.47 Å². The van der Waals surface area contributed by atoms with E-state index in [1.54, 1.807) is 11.8 Å². The third kappa shape index (κ3) is 9.43. The lowest BCUT2D eigenvalue weighted by atomic mass is 10.0. The summed E-state index contributed by atoms with van der Waals surface area (Å²) in [6.07, 6.45) is 7.21. The highest BCUT2D eigenvalue weighted by atomic mass is 32.2. The Morgan fingerprint density at radius 1 is 1.12 bits per heavy atom. The highest BCUT2D eigenvalue weighted by Crippen LogP contribution is 2.30. The molecule has 1 aromatic carbocycles. The van der Waals surface area contributed by atoms with E-state index in [1.165, 1.54) is 25.7 Å². The number of thioether (sulfide) groups is 1. The van der Waals surface area contributed by atoms with E-state index in [0.717, 1.165) is 36.5 Å². The molecule has 5 nitrogen and oxygen atoms in total. The Bertz CT molecular complexity index is 738. The first-order valence-corrected chi connectivity index (χ1v) is 13.1. The van der Waals surface area contributed by atoms with Crippen molar-refractivity contribution >= 4 is 29.4 Å². The van der Waals surface area contributed by atoms with Gasteiger partial charge in [0.15, 0.2) is 0 Å². The van der Waals surface area contributed by atoms with Crippen molar-refractivity contribution in [2.24, 2.45) is 5.92 Å². The third-order valence-corrected chi connectivity index (χ3v) is 6.57. The molecule has 32 heavy (non-hydrogen) atoms. The van der Waals surface area contributed by atoms with Crippen LogP contribution in [-0.4, -0.2) is 43.0 Å². The summed E-state index contributed by atoms with van der Waals surface area (Å²) in [6.45, 7) is 12.5. The van der Waals surface area contributed by atoms with Gasteiger partial charge in [-0.3, -0.25) is 4.79 Å². The summed E-state index contributed by atoms with van der Waals surface area (Å²) in [6, 6.07) is 5.92. The maximum absolute atomic E-state index is 12.7. The first kappa shape index (κ1) is 26.6. The molecule has 0 saturated carbocycles. The summed E-state index contributed by atoms with van der Waals surface area (Å²) < 4.78 is 11.1. The second kappa shape index (κ2) is 13.1. The van der Waals surface area contributed by atoms with Crippen LogP contribution in [0.15, 0.2) is 23.1 Å². The fraction of sp³-hybridized carbons (Fsp3) is 0.692. The smallest absolute Gasteiger partial charge is 0.338 e. The third-order valence-electron chi connectivity index (χ3n) is 5.60. The van der Waals surface area contributed by atoms with Crippen molar-refractivity contribution in [1.82, 2.24) is 0 Å². The molecule has 1 heterocycles. The standard InChI is InChI=1S/C26H41NO4S/c1-6-8-11-20(7-2)19-30-24(28)12-15-32-23-17-21(25(29)31-26(3,4)5)16-22(18-23)27-13-9-10-14-27/h16-18,20H,6-15,19H2,1-5H3. The molecule has 0 aromatic heterocycles. The molecule has 6 heteroatoms. The van der Waals surface area contributed by atoms with E-state index in [2.05, 4.69) is 24.8 Å². The van der Waals surface area contributed by atoms with Gasteiger partial charge in [0.1, 0.15) is 5.60 Å². The lowest BCUT2D eigenvalue weighted by Crippen LogP contribution is -2.24. The summed E-state index contributed by atoms with van der Waals surface area (Å²) in [4.78, 5) is 28.2. The van der Waals surface area contributed by atoms with Gasteiger partial charge in [-0.2, -0.15) is 0 Å². The van der Waals surface area contributed by atoms with Gasteiger partial charge >= 0.3 is 11.9 Å². The first-order valence-electron chi connectivity index (χ1n) is 12.1. The second-order valence-electron chi connectivity index (χ2n) is 9.61. The highest BCUT2D eigenvalue weighted by molar-refractivity contribution is 7.99. The zero-order valence-corrected chi connectivity index (χ0v) is 21.4. The van der Waals surface area contributed by atoms with Crippen LogP contribution in [0.5, 0.6) is 0 Å². The van der Waals surface area contributed by atoms with Crippen LogP contribution in [-0.2, 0) is 14.3 Å². The molecule has 1 atom stereocenters. The van der Waals surface area contributed by atoms with Crippen molar-refractivity contribution in [1.29, 1.82) is 0 Å². The number of nitrogens with zero attached hydrogens (tertiary/aromatic N) is 1. The van der Waals surface area contributed by atoms with Crippen molar-refractivity contribution in [2.45, 2.75) is 90.1 Å². The number of anilines is 1. The Labute approximate surface area is 198 Å². The van der Waals surface area contributed by atoms with E-state index in [0.29, 0.717) is 30.3 Å². The van der Waals surface area contributed by atoms with Crippen LogP contribution in [0.1, 0.15) is 89.9 Å². The molecule has 0 spiro atoms. The minimum absolute atomic E-state index is 0.143. The van der Waals surface area contributed by atoms with Gasteiger partial charge in [0.2, 0.25) is 0 Å². The number of unbranched alkanes of at least 4 members (excludes halogenated alkanes) is 1. The average molecular weight is 464 g/mol. The molecule has 1 fully saturated rings. The van der Waals surface area contributed by atoms with Crippen molar-refractivity contribution in [3.8, 4) is 0 Å². The number of hydrogen-bond donors (Lipinski definition) is 0. The maximum atomic E-state index is 12.7. The van der Waals surface area contributed by atoms with Gasteiger partial charge in [0.25, 0.3) is 0 Å². The molecular weight excluding hydrogens is 422 g/mol. The lowest BCUT2D eigenvalue weighted by molar-refractivity contribution is -0.144. The second-order valence-corrected chi connectivity index (χ2v) is 10.8. The molecule has 1 saturated heterocycles. The SMILES string of the molecule is CCCCC(CC)COC(=O)CCSc1cc(C(=O)OC(C)(C)C)cc(N2CCCC2)c1. The molecule has 1 aliphatic rings. The molecule has 1 aliphatic heterocycles. The Morgan fingerprint density at radius 2 is 1.84 bits per heavy atom. The zero-order valence-electron chi connectivity index (χ0n) is 20.6. The van der Waals surface area contributed by atoms with Crippen molar-refractivity contribution in [3.05, 3.63) is 23.8 Å². The van der Waals surface area contributed by atoms with Crippen LogP contribution >= 0.6 is 11.8 Å².